The number of fused-ring (bicyclic) bond motifs is 1. The highest BCUT2D eigenvalue weighted by Gasteiger charge is 2.23. The summed E-state index contributed by atoms with van der Waals surface area (Å²) in [6, 6.07) is 9.73. The van der Waals surface area contributed by atoms with Crippen LogP contribution in [0.5, 0.6) is 0 Å². The summed E-state index contributed by atoms with van der Waals surface area (Å²) in [6.45, 7) is 1.98. The number of nitrogens with zero attached hydrogens (tertiary/aromatic N) is 2. The van der Waals surface area contributed by atoms with Gasteiger partial charge in [0.1, 0.15) is 11.1 Å². The van der Waals surface area contributed by atoms with Crippen molar-refractivity contribution in [3.8, 4) is 6.07 Å². The van der Waals surface area contributed by atoms with Crippen molar-refractivity contribution >= 4 is 34.4 Å². The van der Waals surface area contributed by atoms with Crippen LogP contribution in [0.3, 0.4) is 0 Å². The molecule has 132 valence electrons. The van der Waals surface area contributed by atoms with Crippen LogP contribution >= 0.6 is 11.3 Å². The number of carbonyl (C=O) groups excluding carboxylic acids is 2. The van der Waals surface area contributed by atoms with Gasteiger partial charge in [0, 0.05) is 4.88 Å². The number of rotatable bonds is 3. The molecule has 0 atom stereocenters. The van der Waals surface area contributed by atoms with Gasteiger partial charge in [-0.05, 0) is 43.7 Å². The van der Waals surface area contributed by atoms with E-state index in [1.807, 2.05) is 31.2 Å². The highest BCUT2D eigenvalue weighted by molar-refractivity contribution is 7.16. The Kier molecular flexibility index (Phi) is 5.44. The molecule has 3 rings (SSSR count). The zero-order valence-corrected chi connectivity index (χ0v) is 15.2. The van der Waals surface area contributed by atoms with E-state index in [0.717, 1.165) is 47.3 Å². The summed E-state index contributed by atoms with van der Waals surface area (Å²) in [7, 11) is 0. The maximum absolute atomic E-state index is 12.1. The lowest BCUT2D eigenvalue weighted by molar-refractivity contribution is -0.136. The topological polar surface area (TPSA) is 94.3 Å². The SMILES string of the molecule is Cc1ccc(C=NNC(=O)C(=O)Nc2sc3c(c2C#N)CCCC3)cc1. The van der Waals surface area contributed by atoms with Crippen LogP contribution in [0.4, 0.5) is 5.00 Å². The number of hydrogen-bond donors (Lipinski definition) is 2. The zero-order chi connectivity index (χ0) is 18.5. The van der Waals surface area contributed by atoms with Crippen LogP contribution in [-0.2, 0) is 22.4 Å². The molecular weight excluding hydrogens is 348 g/mol. The molecule has 6 nitrogen and oxygen atoms in total. The number of benzene rings is 1. The number of hydrazone groups is 1. The fourth-order valence-electron chi connectivity index (χ4n) is 2.80. The minimum absolute atomic E-state index is 0.446. The fraction of sp³-hybridized carbons (Fsp3) is 0.263. The number of carbonyl (C=O) groups is 2. The Balaban J connectivity index is 1.63. The first kappa shape index (κ1) is 17.8. The predicted molar refractivity (Wildman–Crippen MR) is 101 cm³/mol. The van der Waals surface area contributed by atoms with Gasteiger partial charge in [-0.15, -0.1) is 11.3 Å². The van der Waals surface area contributed by atoms with Crippen molar-refractivity contribution in [1.82, 2.24) is 5.43 Å². The molecule has 2 amide bonds. The van der Waals surface area contributed by atoms with Crippen molar-refractivity contribution in [2.45, 2.75) is 32.6 Å². The first-order valence-electron chi connectivity index (χ1n) is 8.34. The quantitative estimate of drug-likeness (QED) is 0.497. The second-order valence-corrected chi connectivity index (χ2v) is 7.20. The Morgan fingerprint density at radius 1 is 1.19 bits per heavy atom. The Morgan fingerprint density at radius 3 is 2.65 bits per heavy atom. The summed E-state index contributed by atoms with van der Waals surface area (Å²) in [6.07, 6.45) is 5.35. The molecule has 0 saturated heterocycles. The number of aryl methyl sites for hydroxylation is 2. The Bertz CT molecular complexity index is 907. The fourth-order valence-corrected chi connectivity index (χ4v) is 4.04. The molecular formula is C19H18N4O2S. The third kappa shape index (κ3) is 3.98. The molecule has 1 aliphatic carbocycles. The van der Waals surface area contributed by atoms with Crippen molar-refractivity contribution in [2.24, 2.45) is 5.10 Å². The molecule has 1 aromatic heterocycles. The first-order valence-corrected chi connectivity index (χ1v) is 9.16. The predicted octanol–water partition coefficient (Wildman–Crippen LogP) is 2.90. The molecule has 2 N–H and O–H groups in total. The van der Waals surface area contributed by atoms with Gasteiger partial charge >= 0.3 is 11.8 Å². The lowest BCUT2D eigenvalue weighted by Crippen LogP contribution is -2.32. The van der Waals surface area contributed by atoms with E-state index >= 15 is 0 Å². The number of anilines is 1. The van der Waals surface area contributed by atoms with Gasteiger partial charge in [-0.3, -0.25) is 9.59 Å². The van der Waals surface area contributed by atoms with E-state index in [9.17, 15) is 14.9 Å². The molecule has 2 aromatic rings. The minimum atomic E-state index is -0.872. The van der Waals surface area contributed by atoms with Crippen molar-refractivity contribution in [2.75, 3.05) is 5.32 Å². The van der Waals surface area contributed by atoms with Gasteiger partial charge in [0.05, 0.1) is 11.8 Å². The average Bonchev–Trinajstić information content (AvgIpc) is 3.00. The number of nitrogens with one attached hydrogen (secondary N) is 2. The number of thiophene rings is 1. The van der Waals surface area contributed by atoms with Crippen molar-refractivity contribution in [1.29, 1.82) is 5.26 Å². The summed E-state index contributed by atoms with van der Waals surface area (Å²) in [5.41, 5.74) is 5.63. The van der Waals surface area contributed by atoms with Gasteiger partial charge in [-0.25, -0.2) is 5.43 Å². The van der Waals surface area contributed by atoms with E-state index in [1.165, 1.54) is 17.6 Å². The van der Waals surface area contributed by atoms with Gasteiger partial charge in [-0.1, -0.05) is 29.8 Å². The molecule has 0 bridgehead atoms. The Labute approximate surface area is 155 Å². The Hall–Kier alpha value is -2.98. The normalized spacial score (nSPS) is 13.1. The van der Waals surface area contributed by atoms with Gasteiger partial charge in [0.25, 0.3) is 0 Å². The van der Waals surface area contributed by atoms with E-state index in [1.54, 1.807) is 0 Å². The number of hydrogen-bond acceptors (Lipinski definition) is 5. The minimum Gasteiger partial charge on any atom is -0.308 e. The molecule has 0 spiro atoms. The van der Waals surface area contributed by atoms with Gasteiger partial charge in [0.15, 0.2) is 0 Å². The van der Waals surface area contributed by atoms with Gasteiger partial charge in [-0.2, -0.15) is 10.4 Å². The van der Waals surface area contributed by atoms with Crippen molar-refractivity contribution in [3.05, 3.63) is 51.4 Å². The van der Waals surface area contributed by atoms with E-state index in [2.05, 4.69) is 21.9 Å². The molecule has 1 aliphatic rings. The third-order valence-corrected chi connectivity index (χ3v) is 5.38. The summed E-state index contributed by atoms with van der Waals surface area (Å²) in [5, 5.41) is 16.2. The van der Waals surface area contributed by atoms with Crippen molar-refractivity contribution in [3.63, 3.8) is 0 Å². The Morgan fingerprint density at radius 2 is 1.92 bits per heavy atom. The van der Waals surface area contributed by atoms with Crippen LogP contribution in [0.15, 0.2) is 29.4 Å². The standard InChI is InChI=1S/C19H18N4O2S/c1-12-6-8-13(9-7-12)11-21-23-18(25)17(24)22-19-15(10-20)14-4-2-3-5-16(14)26-19/h6-9,11H,2-5H2,1H3,(H,22,24)(H,23,25). The maximum Gasteiger partial charge on any atom is 0.329 e. The van der Waals surface area contributed by atoms with Gasteiger partial charge in [0.2, 0.25) is 0 Å². The molecule has 0 saturated carbocycles. The van der Waals surface area contributed by atoms with E-state index in [-0.39, 0.29) is 0 Å². The van der Waals surface area contributed by atoms with E-state index in [0.29, 0.717) is 10.6 Å². The number of amides is 2. The molecule has 0 aliphatic heterocycles. The molecule has 1 aromatic carbocycles. The summed E-state index contributed by atoms with van der Waals surface area (Å²) < 4.78 is 0. The molecule has 7 heteroatoms. The molecule has 26 heavy (non-hydrogen) atoms. The summed E-state index contributed by atoms with van der Waals surface area (Å²) in [5.74, 6) is -1.70. The lowest BCUT2D eigenvalue weighted by Gasteiger charge is -2.09. The lowest BCUT2D eigenvalue weighted by atomic mass is 9.96. The monoisotopic (exact) mass is 366 g/mol. The number of nitriles is 1. The zero-order valence-electron chi connectivity index (χ0n) is 14.3. The third-order valence-electron chi connectivity index (χ3n) is 4.17. The van der Waals surface area contributed by atoms with Gasteiger partial charge < -0.3 is 5.32 Å². The van der Waals surface area contributed by atoms with E-state index in [4.69, 9.17) is 0 Å². The smallest absolute Gasteiger partial charge is 0.308 e. The highest BCUT2D eigenvalue weighted by Crippen LogP contribution is 2.37. The van der Waals surface area contributed by atoms with Crippen LogP contribution in [0.2, 0.25) is 0 Å². The largest absolute Gasteiger partial charge is 0.329 e. The van der Waals surface area contributed by atoms with Crippen LogP contribution < -0.4 is 10.7 Å². The summed E-state index contributed by atoms with van der Waals surface area (Å²) >= 11 is 1.38. The first-order chi connectivity index (χ1) is 12.6. The van der Waals surface area contributed by atoms with E-state index < -0.39 is 11.8 Å². The van der Waals surface area contributed by atoms with Crippen molar-refractivity contribution < 1.29 is 9.59 Å². The van der Waals surface area contributed by atoms with Crippen LogP contribution in [0.1, 0.15) is 40.0 Å². The summed E-state index contributed by atoms with van der Waals surface area (Å²) in [4.78, 5) is 25.1. The second-order valence-electron chi connectivity index (χ2n) is 6.09. The molecule has 1 heterocycles. The molecule has 0 unspecified atom stereocenters. The van der Waals surface area contributed by atoms with Crippen LogP contribution in [0, 0.1) is 18.3 Å². The maximum atomic E-state index is 12.1. The highest BCUT2D eigenvalue weighted by atomic mass is 32.1. The van der Waals surface area contributed by atoms with Crippen LogP contribution in [0.25, 0.3) is 0 Å². The van der Waals surface area contributed by atoms with Crippen LogP contribution in [-0.4, -0.2) is 18.0 Å². The second kappa shape index (κ2) is 7.93. The average molecular weight is 366 g/mol. The molecule has 0 radical (unpaired) electrons. The molecule has 0 fully saturated rings.